The predicted molar refractivity (Wildman–Crippen MR) is 53.0 cm³/mol. The van der Waals surface area contributed by atoms with Crippen LogP contribution in [0.3, 0.4) is 0 Å². The minimum Gasteiger partial charge on any atom is -0.0699 e. The summed E-state index contributed by atoms with van der Waals surface area (Å²) in [6.45, 7) is 0. The van der Waals surface area contributed by atoms with E-state index in [1.165, 1.54) is 23.5 Å². The summed E-state index contributed by atoms with van der Waals surface area (Å²) < 4.78 is 2.35. The van der Waals surface area contributed by atoms with Crippen LogP contribution in [0.2, 0.25) is 0 Å². The van der Waals surface area contributed by atoms with Crippen molar-refractivity contribution in [2.75, 3.05) is 0 Å². The van der Waals surface area contributed by atoms with Gasteiger partial charge in [0, 0.05) is 0 Å². The Bertz CT molecular complexity index is 151. The fraction of sp³-hybridized carbons (Fsp3) is 0. The van der Waals surface area contributed by atoms with E-state index < -0.39 is 0 Å². The van der Waals surface area contributed by atoms with Crippen molar-refractivity contribution < 1.29 is 0 Å². The molecule has 0 amide bonds. The average molecular weight is 196 g/mol. The van der Waals surface area contributed by atoms with Crippen molar-refractivity contribution >= 4 is 72.1 Å². The highest BCUT2D eigenvalue weighted by molar-refractivity contribution is 8.67. The van der Waals surface area contributed by atoms with Gasteiger partial charge in [-0.2, -0.15) is 0 Å². The van der Waals surface area contributed by atoms with E-state index in [1.54, 1.807) is 0 Å². The van der Waals surface area contributed by atoms with Crippen molar-refractivity contribution in [1.29, 1.82) is 0 Å². The van der Waals surface area contributed by atoms with Crippen molar-refractivity contribution in [3.05, 3.63) is 0 Å². The molecule has 0 N–H and O–H groups in total. The summed E-state index contributed by atoms with van der Waals surface area (Å²) in [5.74, 6) is 0. The molecule has 0 aliphatic carbocycles. The Hall–Kier alpha value is 0.970. The first-order valence-electron chi connectivity index (χ1n) is 1.68. The van der Waals surface area contributed by atoms with Crippen molar-refractivity contribution in [2.45, 2.75) is 0 Å². The van der Waals surface area contributed by atoms with Gasteiger partial charge in [0.2, 0.25) is 0 Å². The number of hydrogen-bond acceptors (Lipinski definition) is 5. The lowest BCUT2D eigenvalue weighted by Gasteiger charge is -1.77. The summed E-state index contributed by atoms with van der Waals surface area (Å²) in [4.78, 5) is 0. The fourth-order valence-electron chi connectivity index (χ4n) is 0.256. The zero-order valence-corrected chi connectivity index (χ0v) is 7.62. The molecule has 0 saturated carbocycles. The van der Waals surface area contributed by atoms with E-state index in [-0.39, 0.29) is 0 Å². The molecule has 0 atom stereocenters. The van der Waals surface area contributed by atoms with E-state index in [0.717, 1.165) is 11.9 Å². The molecule has 0 unspecified atom stereocenters. The van der Waals surface area contributed by atoms with Gasteiger partial charge >= 0.3 is 0 Å². The third-order valence-corrected chi connectivity index (χ3v) is 4.06. The van der Waals surface area contributed by atoms with Crippen LogP contribution in [0.4, 0.5) is 0 Å². The third-order valence-electron chi connectivity index (χ3n) is 0.519. The molecule has 0 nitrogen and oxygen atoms in total. The standard InChI is InChI=1S/C3S5/c4-1-2(5)8-3(6)7-1. The molecule has 0 aromatic rings. The lowest BCUT2D eigenvalue weighted by molar-refractivity contribution is 3.63. The second-order valence-corrected chi connectivity index (χ2v) is 5.59. The summed E-state index contributed by atoms with van der Waals surface area (Å²) in [6, 6.07) is 0. The fourth-order valence-corrected chi connectivity index (χ4v) is 3.52. The molecule has 1 fully saturated rings. The Morgan fingerprint density at radius 1 is 0.875 bits per heavy atom. The van der Waals surface area contributed by atoms with E-state index in [4.69, 9.17) is 36.7 Å². The van der Waals surface area contributed by atoms with Crippen LogP contribution in [0.25, 0.3) is 0 Å². The van der Waals surface area contributed by atoms with Crippen molar-refractivity contribution in [1.82, 2.24) is 0 Å². The Kier molecular flexibility index (Phi) is 2.39. The summed E-state index contributed by atoms with van der Waals surface area (Å²) in [5, 5.41) is 0. The van der Waals surface area contributed by atoms with Crippen LogP contribution >= 0.6 is 60.2 Å². The molecule has 1 rings (SSSR count). The van der Waals surface area contributed by atoms with Gasteiger partial charge in [0.1, 0.15) is 11.9 Å². The molecule has 1 aliphatic rings. The molecule has 0 aromatic carbocycles. The molecule has 0 aromatic heterocycles. The first kappa shape index (κ1) is 7.08. The molecule has 1 heterocycles. The Balaban J connectivity index is 2.79. The van der Waals surface area contributed by atoms with Gasteiger partial charge < -0.3 is 0 Å². The van der Waals surface area contributed by atoms with Gasteiger partial charge in [-0.3, -0.25) is 0 Å². The number of rotatable bonds is 0. The van der Waals surface area contributed by atoms with Crippen LogP contribution in [0, 0.1) is 0 Å². The van der Waals surface area contributed by atoms with Gasteiger partial charge in [0.15, 0.2) is 0 Å². The second kappa shape index (κ2) is 2.70. The Labute approximate surface area is 71.8 Å². The minimum absolute atomic E-state index is 0.759. The maximum Gasteiger partial charge on any atom is 0.115 e. The van der Waals surface area contributed by atoms with Crippen molar-refractivity contribution in [3.63, 3.8) is 0 Å². The zero-order valence-electron chi connectivity index (χ0n) is 3.54. The first-order chi connectivity index (χ1) is 3.70. The topological polar surface area (TPSA) is 0 Å². The van der Waals surface area contributed by atoms with E-state index >= 15 is 0 Å². The highest BCUT2D eigenvalue weighted by Gasteiger charge is 2.19. The zero-order chi connectivity index (χ0) is 6.15. The molecule has 1 aliphatic heterocycles. The van der Waals surface area contributed by atoms with Crippen LogP contribution in [0.5, 0.6) is 0 Å². The van der Waals surface area contributed by atoms with Crippen molar-refractivity contribution in [2.24, 2.45) is 0 Å². The van der Waals surface area contributed by atoms with E-state index in [0.29, 0.717) is 0 Å². The van der Waals surface area contributed by atoms with Gasteiger partial charge in [-0.15, -0.1) is 0 Å². The molecule has 0 radical (unpaired) electrons. The SMILES string of the molecule is S=C1SC(=S)C(=S)S1. The maximum absolute atomic E-state index is 4.83. The molecule has 1 saturated heterocycles. The highest BCUT2D eigenvalue weighted by atomic mass is 32.2. The Morgan fingerprint density at radius 3 is 1.38 bits per heavy atom. The van der Waals surface area contributed by atoms with Gasteiger partial charge in [-0.05, 0) is 0 Å². The lowest BCUT2D eigenvalue weighted by atomic mass is 10.9. The van der Waals surface area contributed by atoms with Crippen molar-refractivity contribution in [3.8, 4) is 0 Å². The predicted octanol–water partition coefficient (Wildman–Crippen LogP) is 2.41. The molecule has 42 valence electrons. The first-order valence-corrected chi connectivity index (χ1v) is 4.54. The van der Waals surface area contributed by atoms with Gasteiger partial charge in [0.25, 0.3) is 0 Å². The molecule has 5 heteroatoms. The highest BCUT2D eigenvalue weighted by Crippen LogP contribution is 2.31. The lowest BCUT2D eigenvalue weighted by Crippen LogP contribution is -1.87. The monoisotopic (exact) mass is 196 g/mol. The van der Waals surface area contributed by atoms with Crippen LogP contribution in [-0.2, 0) is 0 Å². The van der Waals surface area contributed by atoms with Crippen LogP contribution in [0.1, 0.15) is 0 Å². The number of thiocarbonyl (C=S) groups is 3. The van der Waals surface area contributed by atoms with Gasteiger partial charge in [-0.25, -0.2) is 0 Å². The third kappa shape index (κ3) is 1.48. The summed E-state index contributed by atoms with van der Waals surface area (Å²) in [6.07, 6.45) is 0. The largest absolute Gasteiger partial charge is 0.115 e. The quantitative estimate of drug-likeness (QED) is 0.544. The summed E-state index contributed by atoms with van der Waals surface area (Å²) in [7, 11) is 0. The molecule has 8 heavy (non-hydrogen) atoms. The van der Waals surface area contributed by atoms with Gasteiger partial charge in [-0.1, -0.05) is 60.2 Å². The maximum atomic E-state index is 4.83. The number of hydrogen-bond donors (Lipinski definition) is 0. The minimum atomic E-state index is 0.759. The summed E-state index contributed by atoms with van der Waals surface area (Å²) >= 11 is 17.3. The van der Waals surface area contributed by atoms with Crippen LogP contribution in [0.15, 0.2) is 0 Å². The summed E-state index contributed by atoms with van der Waals surface area (Å²) in [5.41, 5.74) is 0. The van der Waals surface area contributed by atoms with E-state index in [2.05, 4.69) is 0 Å². The van der Waals surface area contributed by atoms with Crippen LogP contribution in [-0.4, -0.2) is 11.9 Å². The molecular formula is C3S5. The van der Waals surface area contributed by atoms with E-state index in [9.17, 15) is 0 Å². The second-order valence-electron chi connectivity index (χ2n) is 1.03. The smallest absolute Gasteiger partial charge is 0.0699 e. The Morgan fingerprint density at radius 2 is 1.25 bits per heavy atom. The van der Waals surface area contributed by atoms with Crippen LogP contribution < -0.4 is 0 Å². The molecule has 0 bridgehead atoms. The molecular weight excluding hydrogens is 196 g/mol. The normalized spacial score (nSPS) is 20.2. The average Bonchev–Trinajstić information content (AvgIpc) is 1.85. The number of thioether (sulfide) groups is 2. The van der Waals surface area contributed by atoms with E-state index in [1.807, 2.05) is 0 Å². The van der Waals surface area contributed by atoms with Gasteiger partial charge in [0.05, 0.1) is 0 Å². The molecule has 0 spiro atoms.